The maximum atomic E-state index is 6.57. The predicted octanol–water partition coefficient (Wildman–Crippen LogP) is 4.36. The summed E-state index contributed by atoms with van der Waals surface area (Å²) in [6, 6.07) is 0.288. The molecule has 0 aliphatic carbocycles. The number of rotatable bonds is 3. The van der Waals surface area contributed by atoms with Crippen molar-refractivity contribution in [3.05, 3.63) is 0 Å². The zero-order valence-electron chi connectivity index (χ0n) is 14.4. The Bertz CT molecular complexity index is 380. The van der Waals surface area contributed by atoms with E-state index in [1.54, 1.807) is 0 Å². The summed E-state index contributed by atoms with van der Waals surface area (Å²) >= 11 is 0. The highest BCUT2D eigenvalue weighted by atomic mass is 16.7. The second-order valence-electron chi connectivity index (χ2n) is 8.39. The lowest BCUT2D eigenvalue weighted by atomic mass is 9.82. The number of nitrogens with zero attached hydrogens (tertiary/aromatic N) is 2. The second kappa shape index (κ2) is 5.10. The molecule has 1 unspecified atom stereocenters. The number of aliphatic imine (C=N–C) groups is 1. The quantitative estimate of drug-likeness (QED) is 0.767. The van der Waals surface area contributed by atoms with E-state index in [1.165, 1.54) is 25.0 Å². The van der Waals surface area contributed by atoms with Crippen LogP contribution in [0.1, 0.15) is 80.6 Å². The Hall–Kier alpha value is -0.410. The monoisotopic (exact) mass is 280 g/mol. The van der Waals surface area contributed by atoms with E-state index in [0.717, 1.165) is 12.8 Å². The predicted molar refractivity (Wildman–Crippen MR) is 85.1 cm³/mol. The number of hydroxylamine groups is 2. The number of hydrogen-bond acceptors (Lipinski definition) is 3. The van der Waals surface area contributed by atoms with Gasteiger partial charge in [-0.05, 0) is 80.6 Å². The van der Waals surface area contributed by atoms with Gasteiger partial charge in [0.05, 0.1) is 6.04 Å². The molecule has 1 saturated heterocycles. The average Bonchev–Trinajstić information content (AvgIpc) is 2.71. The van der Waals surface area contributed by atoms with Gasteiger partial charge in [-0.3, -0.25) is 9.83 Å². The first-order valence-electron chi connectivity index (χ1n) is 8.07. The maximum Gasteiger partial charge on any atom is 0.107 e. The fourth-order valence-electron chi connectivity index (χ4n) is 3.76. The first-order valence-corrected chi connectivity index (χ1v) is 8.07. The molecule has 1 atom stereocenters. The van der Waals surface area contributed by atoms with Crippen LogP contribution in [-0.2, 0) is 4.84 Å². The van der Waals surface area contributed by atoms with E-state index in [2.05, 4.69) is 53.5 Å². The van der Waals surface area contributed by atoms with E-state index in [1.807, 2.05) is 0 Å². The molecule has 20 heavy (non-hydrogen) atoms. The van der Waals surface area contributed by atoms with Crippen LogP contribution in [0.4, 0.5) is 0 Å². The van der Waals surface area contributed by atoms with Gasteiger partial charge in [0.1, 0.15) is 5.60 Å². The Morgan fingerprint density at radius 2 is 1.70 bits per heavy atom. The van der Waals surface area contributed by atoms with Gasteiger partial charge in [0.2, 0.25) is 0 Å². The fourth-order valence-corrected chi connectivity index (χ4v) is 3.76. The maximum absolute atomic E-state index is 6.57. The molecule has 0 aromatic heterocycles. The molecule has 2 aliphatic rings. The summed E-state index contributed by atoms with van der Waals surface area (Å²) in [5.74, 6) is 0. The molecule has 3 heteroatoms. The van der Waals surface area contributed by atoms with Gasteiger partial charge in [0, 0.05) is 16.8 Å². The van der Waals surface area contributed by atoms with Gasteiger partial charge in [-0.25, -0.2) is 0 Å². The zero-order valence-corrected chi connectivity index (χ0v) is 14.4. The normalized spacial score (nSPS) is 30.4. The van der Waals surface area contributed by atoms with Crippen molar-refractivity contribution in [1.82, 2.24) is 5.06 Å². The average molecular weight is 280 g/mol. The van der Waals surface area contributed by atoms with Crippen molar-refractivity contribution >= 4 is 5.71 Å². The standard InChI is InChI=1S/C17H32N2O/c1-13-9-10-14(18-13)17(6,7)20-19-15(2,3)11-8-12-16(19,4)5/h14H,8-12H2,1-7H3. The van der Waals surface area contributed by atoms with Crippen molar-refractivity contribution in [3.8, 4) is 0 Å². The SMILES string of the molecule is CC1=NC(C(C)(C)ON2C(C)(C)CCCC2(C)C)CC1. The molecule has 1 fully saturated rings. The molecule has 2 aliphatic heterocycles. The van der Waals surface area contributed by atoms with Crippen LogP contribution in [0.3, 0.4) is 0 Å². The van der Waals surface area contributed by atoms with Gasteiger partial charge in [-0.15, -0.1) is 0 Å². The van der Waals surface area contributed by atoms with Crippen LogP contribution in [0.25, 0.3) is 0 Å². The van der Waals surface area contributed by atoms with Crippen molar-refractivity contribution in [3.63, 3.8) is 0 Å². The molecule has 0 amide bonds. The molecule has 2 heterocycles. The van der Waals surface area contributed by atoms with E-state index >= 15 is 0 Å². The summed E-state index contributed by atoms with van der Waals surface area (Å²) in [5, 5.41) is 2.27. The third-order valence-electron chi connectivity index (χ3n) is 4.96. The largest absolute Gasteiger partial charge is 0.290 e. The van der Waals surface area contributed by atoms with E-state index in [9.17, 15) is 0 Å². The third kappa shape index (κ3) is 3.09. The first-order chi connectivity index (χ1) is 9.05. The van der Waals surface area contributed by atoms with Crippen LogP contribution in [0.5, 0.6) is 0 Å². The van der Waals surface area contributed by atoms with Crippen LogP contribution in [0, 0.1) is 0 Å². The van der Waals surface area contributed by atoms with Crippen molar-refractivity contribution in [2.75, 3.05) is 0 Å². The first kappa shape index (κ1) is 16.0. The number of hydrogen-bond donors (Lipinski definition) is 0. The molecule has 0 bridgehead atoms. The van der Waals surface area contributed by atoms with Gasteiger partial charge >= 0.3 is 0 Å². The Morgan fingerprint density at radius 1 is 1.15 bits per heavy atom. The molecule has 2 rings (SSSR count). The Balaban J connectivity index is 2.17. The highest BCUT2D eigenvalue weighted by Crippen LogP contribution is 2.41. The minimum absolute atomic E-state index is 0.0936. The number of piperidine rings is 1. The second-order valence-corrected chi connectivity index (χ2v) is 8.39. The molecule has 0 N–H and O–H groups in total. The molecule has 0 radical (unpaired) electrons. The fraction of sp³-hybridized carbons (Fsp3) is 0.941. The molecule has 0 saturated carbocycles. The molecule has 0 spiro atoms. The van der Waals surface area contributed by atoms with Gasteiger partial charge in [-0.1, -0.05) is 0 Å². The minimum atomic E-state index is -0.232. The van der Waals surface area contributed by atoms with Gasteiger partial charge in [-0.2, -0.15) is 5.06 Å². The van der Waals surface area contributed by atoms with Crippen molar-refractivity contribution in [2.24, 2.45) is 4.99 Å². The van der Waals surface area contributed by atoms with Crippen LogP contribution in [0.15, 0.2) is 4.99 Å². The molecule has 116 valence electrons. The Labute approximate surface area is 124 Å². The molecular weight excluding hydrogens is 248 g/mol. The van der Waals surface area contributed by atoms with E-state index in [-0.39, 0.29) is 22.7 Å². The van der Waals surface area contributed by atoms with E-state index in [4.69, 9.17) is 9.83 Å². The summed E-state index contributed by atoms with van der Waals surface area (Å²) < 4.78 is 0. The third-order valence-corrected chi connectivity index (χ3v) is 4.96. The van der Waals surface area contributed by atoms with Gasteiger partial charge in [0.15, 0.2) is 0 Å². The van der Waals surface area contributed by atoms with Crippen LogP contribution in [-0.4, -0.2) is 33.5 Å². The summed E-state index contributed by atoms with van der Waals surface area (Å²) in [6.45, 7) is 15.7. The van der Waals surface area contributed by atoms with Crippen molar-refractivity contribution in [1.29, 1.82) is 0 Å². The minimum Gasteiger partial charge on any atom is -0.290 e. The summed E-state index contributed by atoms with van der Waals surface area (Å²) in [4.78, 5) is 11.4. The van der Waals surface area contributed by atoms with Crippen LogP contribution in [0.2, 0.25) is 0 Å². The lowest BCUT2D eigenvalue weighted by Crippen LogP contribution is -2.61. The van der Waals surface area contributed by atoms with Gasteiger partial charge in [0.25, 0.3) is 0 Å². The molecule has 0 aromatic carbocycles. The van der Waals surface area contributed by atoms with Crippen molar-refractivity contribution < 1.29 is 4.84 Å². The van der Waals surface area contributed by atoms with Crippen molar-refractivity contribution in [2.45, 2.75) is 103 Å². The summed E-state index contributed by atoms with van der Waals surface area (Å²) in [5.41, 5.74) is 1.22. The molecule has 3 nitrogen and oxygen atoms in total. The summed E-state index contributed by atoms with van der Waals surface area (Å²) in [7, 11) is 0. The Kier molecular flexibility index (Phi) is 4.07. The van der Waals surface area contributed by atoms with Crippen LogP contribution >= 0.6 is 0 Å². The summed E-state index contributed by atoms with van der Waals surface area (Å²) in [6.07, 6.45) is 5.90. The van der Waals surface area contributed by atoms with E-state index in [0.29, 0.717) is 0 Å². The van der Waals surface area contributed by atoms with E-state index < -0.39 is 0 Å². The molecule has 0 aromatic rings. The lowest BCUT2D eigenvalue weighted by molar-refractivity contribution is -0.332. The highest BCUT2D eigenvalue weighted by molar-refractivity contribution is 5.83. The Morgan fingerprint density at radius 3 is 2.15 bits per heavy atom. The highest BCUT2D eigenvalue weighted by Gasteiger charge is 2.46. The van der Waals surface area contributed by atoms with Gasteiger partial charge < -0.3 is 0 Å². The topological polar surface area (TPSA) is 24.8 Å². The smallest absolute Gasteiger partial charge is 0.107 e. The lowest BCUT2D eigenvalue weighted by Gasteiger charge is -2.54. The zero-order chi connectivity index (χ0) is 15.2. The molecular formula is C17H32N2O. The van der Waals surface area contributed by atoms with Crippen LogP contribution < -0.4 is 0 Å².